The van der Waals surface area contributed by atoms with E-state index in [0.717, 1.165) is 18.6 Å². The summed E-state index contributed by atoms with van der Waals surface area (Å²) in [5.74, 6) is 6.20. The molecule has 0 aromatic carbocycles. The van der Waals surface area contributed by atoms with Gasteiger partial charge in [0.2, 0.25) is 0 Å². The summed E-state index contributed by atoms with van der Waals surface area (Å²) in [7, 11) is 0. The highest BCUT2D eigenvalue weighted by atomic mass is 32.1. The van der Waals surface area contributed by atoms with Crippen molar-refractivity contribution >= 4 is 11.3 Å². The average Bonchev–Trinajstić information content (AvgIpc) is 2.69. The van der Waals surface area contributed by atoms with Gasteiger partial charge >= 0.3 is 0 Å². The molecule has 1 heterocycles. The highest BCUT2D eigenvalue weighted by Gasteiger charge is 1.99. The van der Waals surface area contributed by atoms with E-state index < -0.39 is 0 Å². The van der Waals surface area contributed by atoms with Crippen molar-refractivity contribution in [2.75, 3.05) is 13.2 Å². The fourth-order valence-corrected chi connectivity index (χ4v) is 1.91. The molecule has 1 rings (SSSR count). The van der Waals surface area contributed by atoms with E-state index >= 15 is 0 Å². The predicted molar refractivity (Wildman–Crippen MR) is 67.4 cm³/mol. The van der Waals surface area contributed by atoms with Crippen molar-refractivity contribution in [1.29, 1.82) is 0 Å². The van der Waals surface area contributed by atoms with Crippen LogP contribution in [0.2, 0.25) is 0 Å². The minimum Gasteiger partial charge on any atom is -0.384 e. The molecule has 0 aliphatic carbocycles. The molecule has 0 atom stereocenters. The Hall–Kier alpha value is -0.820. The van der Waals surface area contributed by atoms with Crippen molar-refractivity contribution < 1.29 is 9.84 Å². The maximum atomic E-state index is 8.56. The van der Waals surface area contributed by atoms with E-state index in [9.17, 15) is 0 Å². The van der Waals surface area contributed by atoms with E-state index in [0.29, 0.717) is 12.5 Å². The monoisotopic (exact) mass is 238 g/mol. The molecule has 1 aromatic heterocycles. The van der Waals surface area contributed by atoms with Gasteiger partial charge in [-0.1, -0.05) is 25.7 Å². The predicted octanol–water partition coefficient (Wildman–Crippen LogP) is 2.65. The van der Waals surface area contributed by atoms with E-state index in [1.165, 1.54) is 4.88 Å². The molecule has 1 N–H and O–H groups in total. The summed E-state index contributed by atoms with van der Waals surface area (Å²) in [5, 5.41) is 10.6. The Morgan fingerprint density at radius 2 is 2.31 bits per heavy atom. The Labute approximate surface area is 101 Å². The summed E-state index contributed by atoms with van der Waals surface area (Å²) in [6.07, 6.45) is 1.10. The van der Waals surface area contributed by atoms with Crippen molar-refractivity contribution in [2.45, 2.75) is 26.9 Å². The number of ether oxygens (including phenoxy) is 1. The minimum absolute atomic E-state index is 0.0872. The second-order valence-corrected chi connectivity index (χ2v) is 4.99. The maximum Gasteiger partial charge on any atom is 0.104 e. The second kappa shape index (κ2) is 7.45. The minimum atomic E-state index is -0.0872. The van der Waals surface area contributed by atoms with Crippen LogP contribution in [-0.4, -0.2) is 18.3 Å². The number of aliphatic hydroxyl groups is 1. The standard InChI is InChI=1S/C13H18O2S/c1-11(2)5-7-15-9-13-8-12(10-16-13)4-3-6-14/h8,10-11,14H,5-7,9H2,1-2H3. The summed E-state index contributed by atoms with van der Waals surface area (Å²) in [6, 6.07) is 2.02. The van der Waals surface area contributed by atoms with E-state index in [-0.39, 0.29) is 6.61 Å². The molecule has 3 heteroatoms. The van der Waals surface area contributed by atoms with Gasteiger partial charge in [-0.15, -0.1) is 11.3 Å². The summed E-state index contributed by atoms with van der Waals surface area (Å²) < 4.78 is 5.56. The number of thiophene rings is 1. The molecule has 88 valence electrons. The second-order valence-electron chi connectivity index (χ2n) is 4.00. The third kappa shape index (κ3) is 5.32. The van der Waals surface area contributed by atoms with Gasteiger partial charge in [0.15, 0.2) is 0 Å². The van der Waals surface area contributed by atoms with Gasteiger partial charge in [0.1, 0.15) is 6.61 Å². The van der Waals surface area contributed by atoms with E-state index in [2.05, 4.69) is 25.7 Å². The highest BCUT2D eigenvalue weighted by Crippen LogP contribution is 2.15. The van der Waals surface area contributed by atoms with Gasteiger partial charge in [-0.2, -0.15) is 0 Å². The van der Waals surface area contributed by atoms with Gasteiger partial charge < -0.3 is 9.84 Å². The molecule has 0 saturated heterocycles. The summed E-state index contributed by atoms with van der Waals surface area (Å²) in [4.78, 5) is 1.19. The Morgan fingerprint density at radius 1 is 1.50 bits per heavy atom. The average molecular weight is 238 g/mol. The fraction of sp³-hybridized carbons (Fsp3) is 0.538. The summed E-state index contributed by atoms with van der Waals surface area (Å²) in [6.45, 7) is 5.77. The zero-order valence-electron chi connectivity index (χ0n) is 9.82. The first kappa shape index (κ1) is 13.2. The molecule has 0 radical (unpaired) electrons. The largest absolute Gasteiger partial charge is 0.384 e. The third-order valence-electron chi connectivity index (χ3n) is 2.05. The Balaban J connectivity index is 2.29. The van der Waals surface area contributed by atoms with Crippen molar-refractivity contribution in [3.63, 3.8) is 0 Å². The van der Waals surface area contributed by atoms with Gasteiger partial charge in [-0.3, -0.25) is 0 Å². The molecule has 0 amide bonds. The molecule has 0 aliphatic rings. The molecule has 2 nitrogen and oxygen atoms in total. The molecule has 0 fully saturated rings. The lowest BCUT2D eigenvalue weighted by Gasteiger charge is -2.04. The van der Waals surface area contributed by atoms with Crippen molar-refractivity contribution in [2.24, 2.45) is 5.92 Å². The molecule has 0 spiro atoms. The Morgan fingerprint density at radius 3 is 3.00 bits per heavy atom. The van der Waals surface area contributed by atoms with Crippen LogP contribution in [0.25, 0.3) is 0 Å². The van der Waals surface area contributed by atoms with E-state index in [4.69, 9.17) is 9.84 Å². The van der Waals surface area contributed by atoms with Gasteiger partial charge in [0.05, 0.1) is 6.61 Å². The molecule has 0 bridgehead atoms. The maximum absolute atomic E-state index is 8.56. The van der Waals surface area contributed by atoms with Crippen molar-refractivity contribution in [1.82, 2.24) is 0 Å². The molecule has 0 aliphatic heterocycles. The van der Waals surface area contributed by atoms with Crippen LogP contribution >= 0.6 is 11.3 Å². The van der Waals surface area contributed by atoms with Gasteiger partial charge in [-0.05, 0) is 18.4 Å². The Bertz CT molecular complexity index is 357. The van der Waals surface area contributed by atoms with Gasteiger partial charge in [0.25, 0.3) is 0 Å². The van der Waals surface area contributed by atoms with Gasteiger partial charge in [0, 0.05) is 22.4 Å². The fourth-order valence-electron chi connectivity index (χ4n) is 1.16. The highest BCUT2D eigenvalue weighted by molar-refractivity contribution is 7.10. The normalized spacial score (nSPS) is 10.2. The quantitative estimate of drug-likeness (QED) is 0.631. The Kier molecular flexibility index (Phi) is 6.17. The zero-order chi connectivity index (χ0) is 11.8. The first-order chi connectivity index (χ1) is 7.72. The lowest BCUT2D eigenvalue weighted by atomic mass is 10.1. The van der Waals surface area contributed by atoms with E-state index in [1.807, 2.05) is 11.4 Å². The smallest absolute Gasteiger partial charge is 0.104 e. The number of aliphatic hydroxyl groups excluding tert-OH is 1. The first-order valence-corrected chi connectivity index (χ1v) is 6.35. The molecule has 0 saturated carbocycles. The van der Waals surface area contributed by atoms with Crippen LogP contribution in [-0.2, 0) is 11.3 Å². The topological polar surface area (TPSA) is 29.5 Å². The van der Waals surface area contributed by atoms with Crippen LogP contribution in [0.3, 0.4) is 0 Å². The number of hydrogen-bond donors (Lipinski definition) is 1. The van der Waals surface area contributed by atoms with E-state index in [1.54, 1.807) is 11.3 Å². The van der Waals surface area contributed by atoms with Crippen LogP contribution in [0, 0.1) is 17.8 Å². The van der Waals surface area contributed by atoms with Crippen LogP contribution < -0.4 is 0 Å². The van der Waals surface area contributed by atoms with Gasteiger partial charge in [-0.25, -0.2) is 0 Å². The van der Waals surface area contributed by atoms with Crippen molar-refractivity contribution in [3.8, 4) is 11.8 Å². The van der Waals surface area contributed by atoms with Crippen molar-refractivity contribution in [3.05, 3.63) is 21.9 Å². The van der Waals surface area contributed by atoms with Crippen LogP contribution in [0.15, 0.2) is 11.4 Å². The molecule has 1 aromatic rings. The number of rotatable bonds is 5. The number of hydrogen-bond acceptors (Lipinski definition) is 3. The first-order valence-electron chi connectivity index (χ1n) is 5.47. The van der Waals surface area contributed by atoms with Crippen LogP contribution in [0.4, 0.5) is 0 Å². The summed E-state index contributed by atoms with van der Waals surface area (Å²) >= 11 is 1.65. The lowest BCUT2D eigenvalue weighted by Crippen LogP contribution is -1.98. The van der Waals surface area contributed by atoms with Crippen LogP contribution in [0.1, 0.15) is 30.7 Å². The summed E-state index contributed by atoms with van der Waals surface area (Å²) in [5.41, 5.74) is 0.960. The molecular formula is C13H18O2S. The molecular weight excluding hydrogens is 220 g/mol. The molecule has 16 heavy (non-hydrogen) atoms. The lowest BCUT2D eigenvalue weighted by molar-refractivity contribution is 0.112. The zero-order valence-corrected chi connectivity index (χ0v) is 10.6. The molecule has 0 unspecified atom stereocenters. The SMILES string of the molecule is CC(C)CCOCc1cc(C#CCO)cs1. The third-order valence-corrected chi connectivity index (χ3v) is 2.96. The van der Waals surface area contributed by atoms with Crippen LogP contribution in [0.5, 0.6) is 0 Å².